The number of carbonyl (C=O) groups is 1. The minimum atomic E-state index is -0.859. The Bertz CT molecular complexity index is 1620. The van der Waals surface area contributed by atoms with Crippen LogP contribution < -0.4 is 0 Å². The van der Waals surface area contributed by atoms with Gasteiger partial charge in [0.25, 0.3) is 0 Å². The smallest absolute Gasteiger partial charge is 0.183 e. The van der Waals surface area contributed by atoms with E-state index in [0.29, 0.717) is 0 Å². The van der Waals surface area contributed by atoms with E-state index in [1.54, 1.807) is 0 Å². The highest BCUT2D eigenvalue weighted by atomic mass is 16.8. The van der Waals surface area contributed by atoms with Crippen molar-refractivity contribution in [2.75, 3.05) is 0 Å². The largest absolute Gasteiger partial charge is 0.334 e. The van der Waals surface area contributed by atoms with Gasteiger partial charge in [-0.1, -0.05) is 104 Å². The van der Waals surface area contributed by atoms with Crippen molar-refractivity contribution in [3.63, 3.8) is 0 Å². The maximum Gasteiger partial charge on any atom is 0.183 e. The Morgan fingerprint density at radius 1 is 0.718 bits per heavy atom. The number of hydrogen-bond acceptors (Lipinski definition) is 3. The molecule has 0 N–H and O–H groups in total. The van der Waals surface area contributed by atoms with Crippen LogP contribution in [0, 0.1) is 5.41 Å². The van der Waals surface area contributed by atoms with Crippen LogP contribution in [0.25, 0.3) is 33.7 Å². The van der Waals surface area contributed by atoms with Crippen LogP contribution in [0.15, 0.2) is 96.1 Å². The Labute approximate surface area is 229 Å². The van der Waals surface area contributed by atoms with Gasteiger partial charge >= 0.3 is 0 Å². The summed E-state index contributed by atoms with van der Waals surface area (Å²) < 4.78 is 14.1. The number of ether oxygens (including phenoxy) is 2. The van der Waals surface area contributed by atoms with Crippen LogP contribution >= 0.6 is 0 Å². The molecule has 2 saturated carbocycles. The minimum absolute atomic E-state index is 0.225. The summed E-state index contributed by atoms with van der Waals surface area (Å²) in [5.74, 6) is -0.615. The number of Topliss-reactive ketones (excluding diaryl/α,β-unsaturated/α-hetero) is 1. The van der Waals surface area contributed by atoms with Crippen LogP contribution in [-0.2, 0) is 14.3 Å². The zero-order valence-electron chi connectivity index (χ0n) is 22.3. The van der Waals surface area contributed by atoms with Crippen LogP contribution in [0.4, 0.5) is 0 Å². The highest BCUT2D eigenvalue weighted by Gasteiger charge is 2.78. The van der Waals surface area contributed by atoms with Gasteiger partial charge in [-0.15, -0.1) is 0 Å². The summed E-state index contributed by atoms with van der Waals surface area (Å²) in [5.41, 5.74) is 3.22. The highest BCUT2D eigenvalue weighted by Crippen LogP contribution is 2.67. The lowest BCUT2D eigenvalue weighted by Gasteiger charge is -2.48. The monoisotopic (exact) mass is 512 g/mol. The van der Waals surface area contributed by atoms with Gasteiger partial charge in [0.1, 0.15) is 5.60 Å². The summed E-state index contributed by atoms with van der Waals surface area (Å²) in [6.45, 7) is 2.08. The van der Waals surface area contributed by atoms with Gasteiger partial charge in [-0.2, -0.15) is 0 Å². The fraction of sp³-hybridized carbons (Fsp3) is 0.306. The van der Waals surface area contributed by atoms with Gasteiger partial charge in [-0.3, -0.25) is 4.79 Å². The zero-order valence-corrected chi connectivity index (χ0v) is 22.3. The summed E-state index contributed by atoms with van der Waals surface area (Å²) in [6, 6.07) is 29.9. The van der Waals surface area contributed by atoms with Crippen LogP contribution in [0.1, 0.15) is 56.6 Å². The number of ketones is 1. The van der Waals surface area contributed by atoms with Crippen LogP contribution in [-0.4, -0.2) is 23.3 Å². The molecule has 0 aromatic heterocycles. The molecule has 3 heteroatoms. The molecule has 0 amide bonds. The quantitative estimate of drug-likeness (QED) is 0.271. The number of benzene rings is 4. The van der Waals surface area contributed by atoms with Crippen molar-refractivity contribution in [2.24, 2.45) is 5.41 Å². The summed E-state index contributed by atoms with van der Waals surface area (Å²) in [5, 5.41) is 4.85. The average Bonchev–Trinajstić information content (AvgIpc) is 3.56. The summed E-state index contributed by atoms with van der Waals surface area (Å²) in [4.78, 5) is 14.2. The topological polar surface area (TPSA) is 35.5 Å². The molecule has 2 bridgehead atoms. The summed E-state index contributed by atoms with van der Waals surface area (Å²) in [6.07, 6.45) is 9.36. The fourth-order valence-electron chi connectivity index (χ4n) is 7.91. The maximum absolute atomic E-state index is 14.2. The van der Waals surface area contributed by atoms with Crippen molar-refractivity contribution in [3.8, 4) is 0 Å². The molecule has 3 nitrogen and oxygen atoms in total. The van der Waals surface area contributed by atoms with Crippen LogP contribution in [0.2, 0.25) is 0 Å². The molecule has 2 aliphatic carbocycles. The van der Waals surface area contributed by atoms with E-state index < -0.39 is 22.9 Å². The molecular formula is C36H32O3. The van der Waals surface area contributed by atoms with Gasteiger partial charge in [0.2, 0.25) is 0 Å². The lowest BCUT2D eigenvalue weighted by atomic mass is 9.64. The molecule has 8 rings (SSSR count). The normalized spacial score (nSPS) is 33.7. The molecule has 0 unspecified atom stereocenters. The molecule has 0 radical (unpaired) electrons. The Balaban J connectivity index is 1.34. The van der Waals surface area contributed by atoms with Crippen LogP contribution in [0.3, 0.4) is 0 Å². The van der Waals surface area contributed by atoms with Gasteiger partial charge in [0.15, 0.2) is 17.7 Å². The summed E-state index contributed by atoms with van der Waals surface area (Å²) in [7, 11) is 0. The number of fused-ring (bicyclic) bond motifs is 4. The van der Waals surface area contributed by atoms with E-state index in [2.05, 4.69) is 104 Å². The van der Waals surface area contributed by atoms with Crippen molar-refractivity contribution in [1.82, 2.24) is 0 Å². The molecular weight excluding hydrogens is 480 g/mol. The van der Waals surface area contributed by atoms with Crippen LogP contribution in [0.5, 0.6) is 0 Å². The Morgan fingerprint density at radius 2 is 1.26 bits per heavy atom. The van der Waals surface area contributed by atoms with E-state index in [0.717, 1.165) is 60.8 Å². The van der Waals surface area contributed by atoms with Crippen molar-refractivity contribution < 1.29 is 14.3 Å². The molecule has 4 aromatic carbocycles. The van der Waals surface area contributed by atoms with E-state index in [9.17, 15) is 4.79 Å². The van der Waals surface area contributed by atoms with Crippen molar-refractivity contribution in [1.29, 1.82) is 0 Å². The predicted octanol–water partition coefficient (Wildman–Crippen LogP) is 8.27. The van der Waals surface area contributed by atoms with E-state index in [1.165, 1.54) is 21.5 Å². The lowest BCUT2D eigenvalue weighted by molar-refractivity contribution is -0.240. The first kappa shape index (κ1) is 23.4. The first-order chi connectivity index (χ1) is 19.0. The lowest BCUT2D eigenvalue weighted by Crippen LogP contribution is -2.60. The van der Waals surface area contributed by atoms with E-state index >= 15 is 0 Å². The number of hydrogen-bond donors (Lipinski definition) is 0. The van der Waals surface area contributed by atoms with Gasteiger partial charge in [-0.25, -0.2) is 0 Å². The molecule has 3 atom stereocenters. The van der Waals surface area contributed by atoms with Gasteiger partial charge in [-0.05, 0) is 76.4 Å². The standard InChI is InChI=1S/C36H32O3/c1-34-20-6-7-21-35(34)38-33(32(34)37)36(39-35)28(22-26-14-8-12-24-10-2-4-16-30(24)26)18-19-29(36)23-27-15-9-13-25-11-3-5-17-31(25)27/h2-5,8-17,22-23,33H,6-7,18-21H2,1H3/b28-22+,29-23+/t33-,34+,35-/m0/s1. The third kappa shape index (κ3) is 3.09. The predicted molar refractivity (Wildman–Crippen MR) is 156 cm³/mol. The molecule has 194 valence electrons. The van der Waals surface area contributed by atoms with E-state index in [1.807, 2.05) is 0 Å². The number of rotatable bonds is 2. The fourth-order valence-corrected chi connectivity index (χ4v) is 7.91. The van der Waals surface area contributed by atoms with Gasteiger partial charge in [0, 0.05) is 6.42 Å². The Kier molecular flexibility index (Phi) is 4.93. The third-order valence-electron chi connectivity index (χ3n) is 9.98. The minimum Gasteiger partial charge on any atom is -0.334 e. The van der Waals surface area contributed by atoms with Gasteiger partial charge < -0.3 is 9.47 Å². The maximum atomic E-state index is 14.2. The molecule has 2 heterocycles. The van der Waals surface area contributed by atoms with Crippen molar-refractivity contribution >= 4 is 39.5 Å². The highest BCUT2D eigenvalue weighted by molar-refractivity contribution is 5.98. The molecule has 4 fully saturated rings. The number of carbonyl (C=O) groups excluding carboxylic acids is 1. The van der Waals surface area contributed by atoms with Gasteiger partial charge in [0.05, 0.1) is 5.41 Å². The summed E-state index contributed by atoms with van der Waals surface area (Å²) >= 11 is 0. The molecule has 4 aromatic rings. The van der Waals surface area contributed by atoms with Crippen molar-refractivity contribution in [2.45, 2.75) is 62.9 Å². The average molecular weight is 513 g/mol. The Morgan fingerprint density at radius 3 is 1.87 bits per heavy atom. The second-order valence-electron chi connectivity index (χ2n) is 12.0. The SMILES string of the molecule is C[C@]12CCCC[C@@]13O[C@@H](C2=O)C1(O3)/C(=C/c2cccc3ccccc23)CC/C1=C\c1cccc2ccccc12. The molecule has 39 heavy (non-hydrogen) atoms. The first-order valence-corrected chi connectivity index (χ1v) is 14.3. The van der Waals surface area contributed by atoms with E-state index in [4.69, 9.17) is 9.47 Å². The first-order valence-electron chi connectivity index (χ1n) is 14.3. The molecule has 2 aliphatic heterocycles. The van der Waals surface area contributed by atoms with E-state index in [-0.39, 0.29) is 5.78 Å². The third-order valence-corrected chi connectivity index (χ3v) is 9.98. The second kappa shape index (κ2) is 8.24. The molecule has 4 aliphatic rings. The molecule has 2 spiro atoms. The zero-order chi connectivity index (χ0) is 26.2. The Hall–Kier alpha value is -3.53. The second-order valence-corrected chi connectivity index (χ2v) is 12.0. The van der Waals surface area contributed by atoms with Crippen molar-refractivity contribution in [3.05, 3.63) is 107 Å². The molecule has 2 saturated heterocycles.